The lowest BCUT2D eigenvalue weighted by Gasteiger charge is -2.21. The Kier molecular flexibility index (Phi) is 4.20. The maximum absolute atomic E-state index is 5.34. The van der Waals surface area contributed by atoms with Crippen LogP contribution in [0.3, 0.4) is 0 Å². The van der Waals surface area contributed by atoms with Crippen LogP contribution in [0.4, 0.5) is 0 Å². The molecule has 0 aromatic carbocycles. The molecule has 0 atom stereocenters. The molecule has 1 rings (SSSR count). The van der Waals surface area contributed by atoms with Gasteiger partial charge in [-0.2, -0.15) is 0 Å². The first-order valence-electron chi connectivity index (χ1n) is 5.45. The van der Waals surface area contributed by atoms with E-state index in [1.165, 1.54) is 25.7 Å². The molecule has 0 aromatic heterocycles. The molecular formula is C10H22N4. The van der Waals surface area contributed by atoms with E-state index in [2.05, 4.69) is 22.7 Å². The van der Waals surface area contributed by atoms with E-state index in [0.29, 0.717) is 11.4 Å². The molecule has 0 unspecified atom stereocenters. The average molecular weight is 198 g/mol. The Labute approximate surface area is 86.3 Å². The van der Waals surface area contributed by atoms with Crippen LogP contribution < -0.4 is 16.6 Å². The third-order valence-corrected chi connectivity index (χ3v) is 2.91. The molecule has 0 amide bonds. The second kappa shape index (κ2) is 5.20. The Morgan fingerprint density at radius 1 is 1.43 bits per heavy atom. The van der Waals surface area contributed by atoms with E-state index in [1.807, 2.05) is 6.92 Å². The van der Waals surface area contributed by atoms with Gasteiger partial charge in [0.05, 0.1) is 0 Å². The molecule has 4 nitrogen and oxygen atoms in total. The van der Waals surface area contributed by atoms with E-state index in [9.17, 15) is 0 Å². The van der Waals surface area contributed by atoms with Gasteiger partial charge in [-0.3, -0.25) is 10.4 Å². The molecule has 82 valence electrons. The minimum Gasteiger partial charge on any atom is -0.356 e. The molecule has 1 aliphatic carbocycles. The van der Waals surface area contributed by atoms with Crippen molar-refractivity contribution in [1.29, 1.82) is 0 Å². The SMILES string of the molecule is CCNC(=NCC1(C)CCCC1)NN. The van der Waals surface area contributed by atoms with E-state index in [-0.39, 0.29) is 0 Å². The standard InChI is InChI=1S/C10H22N4/c1-3-12-9(14-11)13-8-10(2)6-4-5-7-10/h3-8,11H2,1-2H3,(H2,12,13,14). The van der Waals surface area contributed by atoms with Crippen molar-refractivity contribution in [1.82, 2.24) is 10.7 Å². The smallest absolute Gasteiger partial charge is 0.205 e. The Hall–Kier alpha value is -0.770. The van der Waals surface area contributed by atoms with Crippen LogP contribution in [-0.2, 0) is 0 Å². The maximum Gasteiger partial charge on any atom is 0.205 e. The quantitative estimate of drug-likeness (QED) is 0.274. The molecule has 0 bridgehead atoms. The third kappa shape index (κ3) is 3.18. The molecule has 0 heterocycles. The summed E-state index contributed by atoms with van der Waals surface area (Å²) in [5.41, 5.74) is 2.98. The predicted octanol–water partition coefficient (Wildman–Crippen LogP) is 0.996. The molecule has 0 spiro atoms. The van der Waals surface area contributed by atoms with Crippen LogP contribution in [0.15, 0.2) is 4.99 Å². The van der Waals surface area contributed by atoms with Crippen LogP contribution in [-0.4, -0.2) is 19.0 Å². The fourth-order valence-corrected chi connectivity index (χ4v) is 1.98. The lowest BCUT2D eigenvalue weighted by Crippen LogP contribution is -2.42. The Morgan fingerprint density at radius 2 is 2.07 bits per heavy atom. The predicted molar refractivity (Wildman–Crippen MR) is 59.9 cm³/mol. The van der Waals surface area contributed by atoms with E-state index in [4.69, 9.17) is 5.84 Å². The van der Waals surface area contributed by atoms with Gasteiger partial charge in [-0.25, -0.2) is 5.84 Å². The summed E-state index contributed by atoms with van der Waals surface area (Å²) >= 11 is 0. The molecule has 1 fully saturated rings. The fourth-order valence-electron chi connectivity index (χ4n) is 1.98. The molecule has 14 heavy (non-hydrogen) atoms. The minimum absolute atomic E-state index is 0.400. The van der Waals surface area contributed by atoms with Gasteiger partial charge in [-0.1, -0.05) is 19.8 Å². The largest absolute Gasteiger partial charge is 0.356 e. The highest BCUT2D eigenvalue weighted by molar-refractivity contribution is 5.79. The molecule has 4 N–H and O–H groups in total. The van der Waals surface area contributed by atoms with E-state index >= 15 is 0 Å². The zero-order chi connectivity index (χ0) is 10.4. The average Bonchev–Trinajstić information content (AvgIpc) is 2.60. The zero-order valence-corrected chi connectivity index (χ0v) is 9.27. The molecular weight excluding hydrogens is 176 g/mol. The lowest BCUT2D eigenvalue weighted by molar-refractivity contribution is 0.350. The molecule has 0 aliphatic heterocycles. The van der Waals surface area contributed by atoms with Crippen molar-refractivity contribution in [3.05, 3.63) is 0 Å². The second-order valence-corrected chi connectivity index (χ2v) is 4.36. The highest BCUT2D eigenvalue weighted by Crippen LogP contribution is 2.37. The Bertz CT molecular complexity index is 194. The summed E-state index contributed by atoms with van der Waals surface area (Å²) in [7, 11) is 0. The number of rotatable bonds is 3. The minimum atomic E-state index is 0.400. The molecule has 0 aromatic rings. The van der Waals surface area contributed by atoms with Gasteiger partial charge < -0.3 is 5.32 Å². The van der Waals surface area contributed by atoms with Crippen molar-refractivity contribution < 1.29 is 0 Å². The first-order chi connectivity index (χ1) is 6.70. The number of nitrogens with one attached hydrogen (secondary N) is 2. The van der Waals surface area contributed by atoms with E-state index in [0.717, 1.165) is 13.1 Å². The highest BCUT2D eigenvalue weighted by atomic mass is 15.3. The summed E-state index contributed by atoms with van der Waals surface area (Å²) in [5, 5.41) is 3.09. The first kappa shape index (κ1) is 11.3. The van der Waals surface area contributed by atoms with E-state index < -0.39 is 0 Å². The molecule has 0 saturated heterocycles. The zero-order valence-electron chi connectivity index (χ0n) is 9.27. The van der Waals surface area contributed by atoms with Crippen LogP contribution in [0.2, 0.25) is 0 Å². The van der Waals surface area contributed by atoms with Gasteiger partial charge in [-0.05, 0) is 25.2 Å². The summed E-state index contributed by atoms with van der Waals surface area (Å²) in [4.78, 5) is 4.46. The van der Waals surface area contributed by atoms with Crippen LogP contribution in [0, 0.1) is 5.41 Å². The van der Waals surface area contributed by atoms with Gasteiger partial charge in [0.1, 0.15) is 0 Å². The monoisotopic (exact) mass is 198 g/mol. The lowest BCUT2D eigenvalue weighted by atomic mass is 9.89. The number of hydrogen-bond acceptors (Lipinski definition) is 2. The normalized spacial score (nSPS) is 20.9. The number of nitrogens with two attached hydrogens (primary N) is 1. The number of aliphatic imine (C=N–C) groups is 1. The van der Waals surface area contributed by atoms with Crippen LogP contribution in [0.25, 0.3) is 0 Å². The summed E-state index contributed by atoms with van der Waals surface area (Å²) in [6.07, 6.45) is 5.28. The van der Waals surface area contributed by atoms with Gasteiger partial charge in [0.15, 0.2) is 0 Å². The number of guanidine groups is 1. The van der Waals surface area contributed by atoms with E-state index in [1.54, 1.807) is 0 Å². The summed E-state index contributed by atoms with van der Waals surface area (Å²) in [6, 6.07) is 0. The van der Waals surface area contributed by atoms with Crippen molar-refractivity contribution in [2.24, 2.45) is 16.3 Å². The maximum atomic E-state index is 5.34. The fraction of sp³-hybridized carbons (Fsp3) is 0.900. The number of hydrazine groups is 1. The second-order valence-electron chi connectivity index (χ2n) is 4.36. The summed E-state index contributed by atoms with van der Waals surface area (Å²) in [6.45, 7) is 6.06. The van der Waals surface area contributed by atoms with Gasteiger partial charge in [0.25, 0.3) is 0 Å². The molecule has 1 saturated carbocycles. The van der Waals surface area contributed by atoms with Crippen molar-refractivity contribution in [2.45, 2.75) is 39.5 Å². The van der Waals surface area contributed by atoms with Gasteiger partial charge in [0.2, 0.25) is 5.96 Å². The molecule has 4 heteroatoms. The topological polar surface area (TPSA) is 62.4 Å². The van der Waals surface area contributed by atoms with Gasteiger partial charge in [0, 0.05) is 13.1 Å². The highest BCUT2D eigenvalue weighted by Gasteiger charge is 2.28. The van der Waals surface area contributed by atoms with Crippen LogP contribution in [0.5, 0.6) is 0 Å². The van der Waals surface area contributed by atoms with Crippen LogP contribution >= 0.6 is 0 Å². The Balaban J connectivity index is 2.42. The number of hydrogen-bond donors (Lipinski definition) is 3. The van der Waals surface area contributed by atoms with Gasteiger partial charge >= 0.3 is 0 Å². The Morgan fingerprint density at radius 3 is 2.57 bits per heavy atom. The molecule has 1 aliphatic rings. The van der Waals surface area contributed by atoms with Crippen molar-refractivity contribution in [2.75, 3.05) is 13.1 Å². The van der Waals surface area contributed by atoms with Crippen molar-refractivity contribution >= 4 is 5.96 Å². The number of nitrogens with zero attached hydrogens (tertiary/aromatic N) is 1. The molecule has 0 radical (unpaired) electrons. The van der Waals surface area contributed by atoms with Gasteiger partial charge in [-0.15, -0.1) is 0 Å². The van der Waals surface area contributed by atoms with Crippen LogP contribution in [0.1, 0.15) is 39.5 Å². The first-order valence-corrected chi connectivity index (χ1v) is 5.45. The van der Waals surface area contributed by atoms with Crippen molar-refractivity contribution in [3.8, 4) is 0 Å². The summed E-state index contributed by atoms with van der Waals surface area (Å²) < 4.78 is 0. The summed E-state index contributed by atoms with van der Waals surface area (Å²) in [5.74, 6) is 6.05. The third-order valence-electron chi connectivity index (χ3n) is 2.91. The van der Waals surface area contributed by atoms with Crippen molar-refractivity contribution in [3.63, 3.8) is 0 Å².